The summed E-state index contributed by atoms with van der Waals surface area (Å²) in [4.78, 5) is 12.3. The highest BCUT2D eigenvalue weighted by Gasteiger charge is 1.98. The Hall–Kier alpha value is -1.81. The topological polar surface area (TPSA) is 86.0 Å². The zero-order chi connectivity index (χ0) is 13.2. The standard InChI is InChI=1S/C11H16N6S/c1-9-5-15-10(16-6-9)7-18-4-3-14-11(13-2)17-8-12/h5-6H,3-4,7H2,1-2H3,(H2,13,14,17). The smallest absolute Gasteiger partial charge is 0.204 e. The van der Waals surface area contributed by atoms with Gasteiger partial charge in [0, 0.05) is 31.7 Å². The molecule has 1 aromatic heterocycles. The predicted molar refractivity (Wildman–Crippen MR) is 73.0 cm³/mol. The van der Waals surface area contributed by atoms with Crippen LogP contribution in [0.5, 0.6) is 0 Å². The molecule has 0 saturated heterocycles. The number of rotatable bonds is 5. The highest BCUT2D eigenvalue weighted by atomic mass is 32.2. The molecule has 1 heterocycles. The molecule has 0 radical (unpaired) electrons. The summed E-state index contributed by atoms with van der Waals surface area (Å²) >= 11 is 1.73. The number of aliphatic imine (C=N–C) groups is 1. The van der Waals surface area contributed by atoms with Gasteiger partial charge in [-0.2, -0.15) is 17.0 Å². The predicted octanol–water partition coefficient (Wildman–Crippen LogP) is 0.664. The summed E-state index contributed by atoms with van der Waals surface area (Å²) in [7, 11) is 1.62. The van der Waals surface area contributed by atoms with Crippen LogP contribution in [0.15, 0.2) is 17.4 Å². The summed E-state index contributed by atoms with van der Waals surface area (Å²) in [6, 6.07) is 0. The summed E-state index contributed by atoms with van der Waals surface area (Å²) in [6.45, 7) is 2.70. The van der Waals surface area contributed by atoms with Crippen molar-refractivity contribution in [1.29, 1.82) is 5.26 Å². The van der Waals surface area contributed by atoms with Crippen LogP contribution in [0.25, 0.3) is 0 Å². The van der Waals surface area contributed by atoms with E-state index in [1.807, 2.05) is 25.5 Å². The van der Waals surface area contributed by atoms with Gasteiger partial charge in [-0.3, -0.25) is 10.3 Å². The quantitative estimate of drug-likeness (QED) is 0.267. The van der Waals surface area contributed by atoms with E-state index in [2.05, 4.69) is 25.6 Å². The molecule has 0 spiro atoms. The Labute approximate surface area is 111 Å². The Morgan fingerprint density at radius 1 is 1.50 bits per heavy atom. The second kappa shape index (κ2) is 8.31. The van der Waals surface area contributed by atoms with Crippen LogP contribution in [0, 0.1) is 18.4 Å². The molecular formula is C11H16N6S. The van der Waals surface area contributed by atoms with Crippen molar-refractivity contribution < 1.29 is 0 Å². The molecule has 1 rings (SSSR count). The van der Waals surface area contributed by atoms with Gasteiger partial charge in [-0.15, -0.1) is 0 Å². The fourth-order valence-corrected chi connectivity index (χ4v) is 1.85. The Bertz CT molecular complexity index is 422. The van der Waals surface area contributed by atoms with E-state index in [4.69, 9.17) is 5.26 Å². The number of aromatic nitrogens is 2. The molecule has 0 saturated carbocycles. The van der Waals surface area contributed by atoms with Gasteiger partial charge in [0.15, 0.2) is 6.19 Å². The monoisotopic (exact) mass is 264 g/mol. The second-order valence-electron chi connectivity index (χ2n) is 3.47. The van der Waals surface area contributed by atoms with Gasteiger partial charge in [0.2, 0.25) is 5.96 Å². The van der Waals surface area contributed by atoms with Crippen molar-refractivity contribution in [2.24, 2.45) is 4.99 Å². The molecule has 0 atom stereocenters. The van der Waals surface area contributed by atoms with E-state index in [0.717, 1.165) is 29.4 Å². The van der Waals surface area contributed by atoms with Crippen molar-refractivity contribution in [3.63, 3.8) is 0 Å². The van der Waals surface area contributed by atoms with Crippen LogP contribution in [-0.2, 0) is 5.75 Å². The van der Waals surface area contributed by atoms with Crippen molar-refractivity contribution in [3.05, 3.63) is 23.8 Å². The lowest BCUT2D eigenvalue weighted by molar-refractivity contribution is 0.929. The number of aryl methyl sites for hydroxylation is 1. The van der Waals surface area contributed by atoms with Gasteiger partial charge in [0.05, 0.1) is 5.75 Å². The average molecular weight is 264 g/mol. The lowest BCUT2D eigenvalue weighted by Gasteiger charge is -2.06. The van der Waals surface area contributed by atoms with Crippen LogP contribution in [0.1, 0.15) is 11.4 Å². The molecule has 0 fully saturated rings. The van der Waals surface area contributed by atoms with E-state index in [9.17, 15) is 0 Å². The van der Waals surface area contributed by atoms with E-state index >= 15 is 0 Å². The van der Waals surface area contributed by atoms with E-state index in [0.29, 0.717) is 5.96 Å². The molecular weight excluding hydrogens is 248 g/mol. The number of nitrogens with one attached hydrogen (secondary N) is 2. The number of hydrogen-bond acceptors (Lipinski definition) is 5. The maximum absolute atomic E-state index is 8.44. The third-order valence-electron chi connectivity index (χ3n) is 2.00. The molecule has 0 aliphatic carbocycles. The van der Waals surface area contributed by atoms with Gasteiger partial charge in [0.1, 0.15) is 5.82 Å². The summed E-state index contributed by atoms with van der Waals surface area (Å²) in [6.07, 6.45) is 5.46. The number of nitriles is 1. The summed E-state index contributed by atoms with van der Waals surface area (Å²) in [5.41, 5.74) is 1.07. The largest absolute Gasteiger partial charge is 0.355 e. The third-order valence-corrected chi connectivity index (χ3v) is 2.96. The van der Waals surface area contributed by atoms with Crippen LogP contribution >= 0.6 is 11.8 Å². The van der Waals surface area contributed by atoms with Gasteiger partial charge in [-0.05, 0) is 12.5 Å². The molecule has 6 nitrogen and oxygen atoms in total. The first-order valence-corrected chi connectivity index (χ1v) is 6.62. The molecule has 0 amide bonds. The molecule has 0 aromatic carbocycles. The van der Waals surface area contributed by atoms with Crippen LogP contribution < -0.4 is 10.6 Å². The van der Waals surface area contributed by atoms with Crippen LogP contribution in [0.4, 0.5) is 0 Å². The van der Waals surface area contributed by atoms with E-state index in [1.54, 1.807) is 18.8 Å². The van der Waals surface area contributed by atoms with Crippen molar-refractivity contribution >= 4 is 17.7 Å². The molecule has 1 aromatic rings. The minimum Gasteiger partial charge on any atom is -0.355 e. The maximum atomic E-state index is 8.44. The molecule has 0 unspecified atom stereocenters. The van der Waals surface area contributed by atoms with Gasteiger partial charge in [-0.1, -0.05) is 0 Å². The lowest BCUT2D eigenvalue weighted by atomic mass is 10.4. The van der Waals surface area contributed by atoms with Crippen molar-refractivity contribution in [1.82, 2.24) is 20.6 Å². The first-order valence-electron chi connectivity index (χ1n) is 5.47. The highest BCUT2D eigenvalue weighted by Crippen LogP contribution is 2.06. The van der Waals surface area contributed by atoms with E-state index in [1.165, 1.54) is 0 Å². The van der Waals surface area contributed by atoms with Crippen molar-refractivity contribution in [2.45, 2.75) is 12.7 Å². The Morgan fingerprint density at radius 2 is 2.22 bits per heavy atom. The summed E-state index contributed by atoms with van der Waals surface area (Å²) < 4.78 is 0. The number of thioether (sulfide) groups is 1. The van der Waals surface area contributed by atoms with E-state index in [-0.39, 0.29) is 0 Å². The molecule has 0 bridgehead atoms. The lowest BCUT2D eigenvalue weighted by Crippen LogP contribution is -2.35. The fourth-order valence-electron chi connectivity index (χ4n) is 1.13. The minimum atomic E-state index is 0.490. The highest BCUT2D eigenvalue weighted by molar-refractivity contribution is 7.98. The van der Waals surface area contributed by atoms with E-state index < -0.39 is 0 Å². The molecule has 2 N–H and O–H groups in total. The fraction of sp³-hybridized carbons (Fsp3) is 0.455. The first-order chi connectivity index (χ1) is 8.76. The summed E-state index contributed by atoms with van der Waals surface area (Å²) in [5.74, 6) is 3.00. The van der Waals surface area contributed by atoms with Crippen molar-refractivity contribution in [3.8, 4) is 6.19 Å². The Balaban J connectivity index is 2.16. The zero-order valence-electron chi connectivity index (χ0n) is 10.5. The zero-order valence-corrected chi connectivity index (χ0v) is 11.3. The van der Waals surface area contributed by atoms with Crippen LogP contribution in [0.3, 0.4) is 0 Å². The SMILES string of the molecule is CN=C(NC#N)NCCSCc1ncc(C)cn1. The first kappa shape index (κ1) is 14.3. The molecule has 0 aliphatic heterocycles. The second-order valence-corrected chi connectivity index (χ2v) is 4.57. The Kier molecular flexibility index (Phi) is 6.58. The van der Waals surface area contributed by atoms with Crippen LogP contribution in [0.2, 0.25) is 0 Å². The average Bonchev–Trinajstić information content (AvgIpc) is 2.39. The van der Waals surface area contributed by atoms with Crippen LogP contribution in [-0.4, -0.2) is 35.3 Å². The third kappa shape index (κ3) is 5.50. The summed E-state index contributed by atoms with van der Waals surface area (Å²) in [5, 5.41) is 13.9. The molecule has 96 valence electrons. The molecule has 7 heteroatoms. The van der Waals surface area contributed by atoms with Crippen molar-refractivity contribution in [2.75, 3.05) is 19.3 Å². The number of guanidine groups is 1. The normalized spacial score (nSPS) is 10.8. The minimum absolute atomic E-state index is 0.490. The van der Waals surface area contributed by atoms with Gasteiger partial charge in [0.25, 0.3) is 0 Å². The molecule has 0 aliphatic rings. The molecule has 18 heavy (non-hydrogen) atoms. The maximum Gasteiger partial charge on any atom is 0.204 e. The van der Waals surface area contributed by atoms with Gasteiger partial charge >= 0.3 is 0 Å². The number of nitrogens with zero attached hydrogens (tertiary/aromatic N) is 4. The van der Waals surface area contributed by atoms with Gasteiger partial charge < -0.3 is 5.32 Å². The Morgan fingerprint density at radius 3 is 2.83 bits per heavy atom. The number of hydrogen-bond donors (Lipinski definition) is 2. The van der Waals surface area contributed by atoms with Gasteiger partial charge in [-0.25, -0.2) is 9.97 Å².